The molecule has 0 saturated heterocycles. The van der Waals surface area contributed by atoms with Crippen molar-refractivity contribution in [2.75, 3.05) is 6.61 Å². The van der Waals surface area contributed by atoms with Crippen molar-refractivity contribution in [3.05, 3.63) is 40.3 Å². The molecule has 1 N–H and O–H groups in total. The van der Waals surface area contributed by atoms with Crippen molar-refractivity contribution >= 4 is 17.3 Å². The van der Waals surface area contributed by atoms with E-state index >= 15 is 0 Å². The summed E-state index contributed by atoms with van der Waals surface area (Å²) in [4.78, 5) is 16.1. The van der Waals surface area contributed by atoms with Gasteiger partial charge < -0.3 is 14.6 Å². The lowest BCUT2D eigenvalue weighted by atomic mass is 10.2. The fourth-order valence-corrected chi connectivity index (χ4v) is 2.06. The van der Waals surface area contributed by atoms with E-state index in [1.807, 2.05) is 6.92 Å². The van der Waals surface area contributed by atoms with Crippen LogP contribution in [-0.2, 0) is 6.61 Å². The van der Waals surface area contributed by atoms with E-state index in [4.69, 9.17) is 9.47 Å². The molecule has 0 radical (unpaired) electrons. The molecule has 0 aliphatic heterocycles. The quantitative estimate of drug-likeness (QED) is 0.880. The van der Waals surface area contributed by atoms with Crippen LogP contribution in [0.1, 0.15) is 22.2 Å². The van der Waals surface area contributed by atoms with E-state index in [2.05, 4.69) is 4.98 Å². The van der Waals surface area contributed by atoms with Crippen LogP contribution in [0, 0.1) is 0 Å². The molecule has 0 aliphatic rings. The highest BCUT2D eigenvalue weighted by atomic mass is 32.1. The van der Waals surface area contributed by atoms with Crippen LogP contribution >= 0.6 is 11.3 Å². The minimum absolute atomic E-state index is 0.0930. The fraction of sp³-hybridized carbons (Fsp3) is 0.231. The van der Waals surface area contributed by atoms with Crippen LogP contribution in [0.3, 0.4) is 0 Å². The lowest BCUT2D eigenvalue weighted by Gasteiger charge is -2.13. The van der Waals surface area contributed by atoms with Gasteiger partial charge in [0.1, 0.15) is 12.2 Å². The highest BCUT2D eigenvalue weighted by Gasteiger charge is 2.16. The molecule has 0 bridgehead atoms. The first-order valence-corrected chi connectivity index (χ1v) is 6.59. The molecule has 19 heavy (non-hydrogen) atoms. The second-order valence-corrected chi connectivity index (χ2v) is 4.60. The van der Waals surface area contributed by atoms with Gasteiger partial charge in [0.2, 0.25) is 0 Å². The van der Waals surface area contributed by atoms with Crippen LogP contribution < -0.4 is 9.47 Å². The predicted molar refractivity (Wildman–Crippen MR) is 71.0 cm³/mol. The Balaban J connectivity index is 2.26. The monoisotopic (exact) mass is 279 g/mol. The van der Waals surface area contributed by atoms with Crippen LogP contribution in [0.15, 0.2) is 29.9 Å². The van der Waals surface area contributed by atoms with Gasteiger partial charge in [-0.3, -0.25) is 4.98 Å². The van der Waals surface area contributed by atoms with Crippen LogP contribution in [0.4, 0.5) is 0 Å². The molecule has 100 valence electrons. The lowest BCUT2D eigenvalue weighted by molar-refractivity contribution is 0.0690. The molecule has 2 rings (SSSR count). The number of thiazole rings is 1. The molecule has 0 unspecified atom stereocenters. The van der Waals surface area contributed by atoms with Crippen LogP contribution in [-0.4, -0.2) is 22.7 Å². The van der Waals surface area contributed by atoms with Crippen molar-refractivity contribution in [1.82, 2.24) is 4.98 Å². The molecule has 0 spiro atoms. The van der Waals surface area contributed by atoms with E-state index < -0.39 is 5.97 Å². The molecule has 2 aromatic rings. The zero-order valence-electron chi connectivity index (χ0n) is 10.3. The van der Waals surface area contributed by atoms with Crippen molar-refractivity contribution in [3.63, 3.8) is 0 Å². The molecular weight excluding hydrogens is 266 g/mol. The van der Waals surface area contributed by atoms with Gasteiger partial charge in [-0.05, 0) is 19.1 Å². The second kappa shape index (κ2) is 6.19. The molecule has 1 aromatic carbocycles. The third-order valence-electron chi connectivity index (χ3n) is 2.35. The summed E-state index contributed by atoms with van der Waals surface area (Å²) in [5.74, 6) is -0.349. The highest BCUT2D eigenvalue weighted by molar-refractivity contribution is 7.09. The van der Waals surface area contributed by atoms with Gasteiger partial charge in [0.25, 0.3) is 0 Å². The van der Waals surface area contributed by atoms with Gasteiger partial charge in [-0.25, -0.2) is 4.79 Å². The zero-order chi connectivity index (χ0) is 13.7. The Morgan fingerprint density at radius 3 is 2.89 bits per heavy atom. The first kappa shape index (κ1) is 13.4. The molecule has 0 atom stereocenters. The summed E-state index contributed by atoms with van der Waals surface area (Å²) >= 11 is 1.45. The van der Waals surface area contributed by atoms with Gasteiger partial charge in [0.05, 0.1) is 17.0 Å². The number of nitrogens with zero attached hydrogens (tertiary/aromatic N) is 1. The van der Waals surface area contributed by atoms with Gasteiger partial charge in [0.15, 0.2) is 11.5 Å². The Bertz CT molecular complexity index is 554. The lowest BCUT2D eigenvalue weighted by Crippen LogP contribution is -2.05. The van der Waals surface area contributed by atoms with Gasteiger partial charge in [-0.15, -0.1) is 11.3 Å². The Morgan fingerprint density at radius 2 is 2.26 bits per heavy atom. The Morgan fingerprint density at radius 1 is 1.42 bits per heavy atom. The second-order valence-electron chi connectivity index (χ2n) is 3.63. The molecule has 0 fully saturated rings. The van der Waals surface area contributed by atoms with E-state index in [-0.39, 0.29) is 17.9 Å². The number of aromatic nitrogens is 1. The van der Waals surface area contributed by atoms with Crippen molar-refractivity contribution in [2.45, 2.75) is 13.5 Å². The highest BCUT2D eigenvalue weighted by Crippen LogP contribution is 2.32. The molecule has 1 heterocycles. The summed E-state index contributed by atoms with van der Waals surface area (Å²) < 4.78 is 11.0. The number of carboxylic acid groups (broad SMARTS) is 1. The van der Waals surface area contributed by atoms with Crippen LogP contribution in [0.2, 0.25) is 0 Å². The number of hydrogen-bond donors (Lipinski definition) is 1. The van der Waals surface area contributed by atoms with E-state index in [0.29, 0.717) is 12.4 Å². The van der Waals surface area contributed by atoms with Gasteiger partial charge in [-0.1, -0.05) is 6.07 Å². The molecule has 0 saturated carbocycles. The summed E-state index contributed by atoms with van der Waals surface area (Å²) in [7, 11) is 0. The molecule has 0 amide bonds. The first-order chi connectivity index (χ1) is 9.22. The van der Waals surface area contributed by atoms with Crippen molar-refractivity contribution < 1.29 is 19.4 Å². The average Bonchev–Trinajstić information content (AvgIpc) is 2.90. The molecule has 0 aliphatic carbocycles. The summed E-state index contributed by atoms with van der Waals surface area (Å²) in [5.41, 5.74) is 1.79. The van der Waals surface area contributed by atoms with E-state index in [1.54, 1.807) is 23.8 Å². The average molecular weight is 279 g/mol. The topological polar surface area (TPSA) is 68.7 Å². The van der Waals surface area contributed by atoms with E-state index in [1.165, 1.54) is 17.4 Å². The summed E-state index contributed by atoms with van der Waals surface area (Å²) in [5, 5.41) is 9.17. The maximum atomic E-state index is 11.2. The molecular formula is C13H13NO4S. The number of aromatic carboxylic acids is 1. The van der Waals surface area contributed by atoms with E-state index in [9.17, 15) is 9.90 Å². The number of benzene rings is 1. The Labute approximate surface area is 114 Å². The number of carboxylic acids is 1. The molecule has 5 nitrogen and oxygen atoms in total. The van der Waals surface area contributed by atoms with Crippen LogP contribution in [0.5, 0.6) is 11.5 Å². The minimum atomic E-state index is -1.04. The van der Waals surface area contributed by atoms with Crippen molar-refractivity contribution in [3.8, 4) is 11.5 Å². The fourth-order valence-electron chi connectivity index (χ4n) is 1.56. The standard InChI is InChI=1S/C13H13NO4S/c1-2-17-11-5-3-4-10(13(15)16)12(11)18-7-9-6-14-8-19-9/h3-6,8H,2,7H2,1H3,(H,15,16). The number of hydrogen-bond acceptors (Lipinski definition) is 5. The first-order valence-electron chi connectivity index (χ1n) is 5.71. The summed E-state index contributed by atoms with van der Waals surface area (Å²) in [6.45, 7) is 2.55. The van der Waals surface area contributed by atoms with Crippen molar-refractivity contribution in [1.29, 1.82) is 0 Å². The number of para-hydroxylation sites is 1. The number of rotatable bonds is 6. The Hall–Kier alpha value is -2.08. The van der Waals surface area contributed by atoms with Gasteiger partial charge in [-0.2, -0.15) is 0 Å². The number of carbonyl (C=O) groups is 1. The molecule has 1 aromatic heterocycles. The van der Waals surface area contributed by atoms with Crippen molar-refractivity contribution in [2.24, 2.45) is 0 Å². The van der Waals surface area contributed by atoms with E-state index in [0.717, 1.165) is 4.88 Å². The predicted octanol–water partition coefficient (Wildman–Crippen LogP) is 2.82. The number of ether oxygens (including phenoxy) is 2. The maximum absolute atomic E-state index is 11.2. The SMILES string of the molecule is CCOc1cccc(C(=O)O)c1OCc1cncs1. The maximum Gasteiger partial charge on any atom is 0.339 e. The largest absolute Gasteiger partial charge is 0.490 e. The van der Waals surface area contributed by atoms with Gasteiger partial charge >= 0.3 is 5.97 Å². The third-order valence-corrected chi connectivity index (χ3v) is 3.10. The van der Waals surface area contributed by atoms with Gasteiger partial charge in [0, 0.05) is 6.20 Å². The third kappa shape index (κ3) is 3.23. The Kier molecular flexibility index (Phi) is 4.35. The zero-order valence-corrected chi connectivity index (χ0v) is 11.1. The summed E-state index contributed by atoms with van der Waals surface area (Å²) in [6.07, 6.45) is 1.69. The molecule has 6 heteroatoms. The smallest absolute Gasteiger partial charge is 0.339 e. The normalized spacial score (nSPS) is 10.2. The summed E-state index contributed by atoms with van der Waals surface area (Å²) in [6, 6.07) is 4.82. The minimum Gasteiger partial charge on any atom is -0.490 e. The van der Waals surface area contributed by atoms with Crippen LogP contribution in [0.25, 0.3) is 0 Å².